The van der Waals surface area contributed by atoms with Gasteiger partial charge in [-0.15, -0.1) is 0 Å². The van der Waals surface area contributed by atoms with E-state index in [4.69, 9.17) is 4.74 Å². The first-order valence-corrected chi connectivity index (χ1v) is 12.3. The van der Waals surface area contributed by atoms with E-state index in [2.05, 4.69) is 27.3 Å². The molecule has 0 aromatic heterocycles. The Bertz CT molecular complexity index is 593. The van der Waals surface area contributed by atoms with Crippen molar-refractivity contribution in [3.05, 3.63) is 0 Å². The van der Waals surface area contributed by atoms with Crippen molar-refractivity contribution in [2.24, 2.45) is 10.4 Å². The van der Waals surface area contributed by atoms with Crippen LogP contribution in [0.4, 0.5) is 0 Å². The third-order valence-corrected chi connectivity index (χ3v) is 7.04. The number of ether oxygens (including phenoxy) is 1. The molecule has 0 aromatic rings. The van der Waals surface area contributed by atoms with Gasteiger partial charge in [-0.2, -0.15) is 0 Å². The molecule has 0 bridgehead atoms. The quantitative estimate of drug-likeness (QED) is 0.328. The van der Waals surface area contributed by atoms with Gasteiger partial charge in [0.2, 0.25) is 10.0 Å². The minimum absolute atomic E-state index is 0.0157. The van der Waals surface area contributed by atoms with Crippen LogP contribution in [0.5, 0.6) is 0 Å². The zero-order valence-corrected chi connectivity index (χ0v) is 18.2. The monoisotopic (exact) mass is 418 g/mol. The molecule has 2 aliphatic rings. The Morgan fingerprint density at radius 2 is 2.00 bits per heavy atom. The zero-order valence-electron chi connectivity index (χ0n) is 17.4. The fourth-order valence-corrected chi connectivity index (χ4v) is 4.69. The van der Waals surface area contributed by atoms with Crippen LogP contribution in [-0.4, -0.2) is 70.2 Å². The molecule has 1 heterocycles. The van der Waals surface area contributed by atoms with Crippen LogP contribution >= 0.6 is 0 Å². The second kappa shape index (κ2) is 11.3. The van der Waals surface area contributed by atoms with Gasteiger partial charge in [0.15, 0.2) is 5.96 Å². The average Bonchev–Trinajstić information content (AvgIpc) is 2.68. The fourth-order valence-electron chi connectivity index (χ4n) is 3.73. The lowest BCUT2D eigenvalue weighted by Crippen LogP contribution is -2.44. The number of aliphatic hydroxyl groups is 1. The normalized spacial score (nSPS) is 29.5. The van der Waals surface area contributed by atoms with Crippen LogP contribution in [0.3, 0.4) is 0 Å². The summed E-state index contributed by atoms with van der Waals surface area (Å²) in [7, 11) is -3.36. The largest absolute Gasteiger partial charge is 0.392 e. The molecule has 0 spiro atoms. The van der Waals surface area contributed by atoms with Crippen molar-refractivity contribution in [3.63, 3.8) is 0 Å². The molecule has 1 saturated carbocycles. The van der Waals surface area contributed by atoms with Gasteiger partial charge in [-0.25, -0.2) is 13.1 Å². The lowest BCUT2D eigenvalue weighted by molar-refractivity contribution is 0.00716. The first-order chi connectivity index (χ1) is 13.3. The Balaban J connectivity index is 1.78. The van der Waals surface area contributed by atoms with Crippen molar-refractivity contribution >= 4 is 16.0 Å². The first-order valence-electron chi connectivity index (χ1n) is 10.6. The minimum Gasteiger partial charge on any atom is -0.392 e. The van der Waals surface area contributed by atoms with E-state index in [1.165, 1.54) is 0 Å². The number of sulfonamides is 1. The molecule has 1 aliphatic heterocycles. The predicted molar refractivity (Wildman–Crippen MR) is 112 cm³/mol. The van der Waals surface area contributed by atoms with Gasteiger partial charge in [-0.05, 0) is 39.0 Å². The summed E-state index contributed by atoms with van der Waals surface area (Å²) in [5.41, 5.74) is -0.214. The highest BCUT2D eigenvalue weighted by molar-refractivity contribution is 7.89. The molecular weight excluding hydrogens is 380 g/mol. The maximum Gasteiger partial charge on any atom is 0.213 e. The number of nitrogens with zero attached hydrogens (tertiary/aromatic N) is 1. The third-order valence-electron chi connectivity index (χ3n) is 5.69. The lowest BCUT2D eigenvalue weighted by Gasteiger charge is -2.37. The summed E-state index contributed by atoms with van der Waals surface area (Å²) >= 11 is 0. The van der Waals surface area contributed by atoms with E-state index in [1.54, 1.807) is 0 Å². The van der Waals surface area contributed by atoms with Crippen LogP contribution in [0.15, 0.2) is 4.99 Å². The van der Waals surface area contributed by atoms with Crippen LogP contribution in [0.1, 0.15) is 58.8 Å². The minimum atomic E-state index is -3.36. The Hall–Kier alpha value is -0.900. The number of nitrogens with one attached hydrogen (secondary N) is 3. The molecule has 164 valence electrons. The van der Waals surface area contributed by atoms with Gasteiger partial charge in [0.1, 0.15) is 0 Å². The molecular formula is C19H38N4O4S. The summed E-state index contributed by atoms with van der Waals surface area (Å²) in [5, 5.41) is 16.6. The highest BCUT2D eigenvalue weighted by Crippen LogP contribution is 2.36. The van der Waals surface area contributed by atoms with Gasteiger partial charge >= 0.3 is 0 Å². The molecule has 28 heavy (non-hydrogen) atoms. The smallest absolute Gasteiger partial charge is 0.213 e. The van der Waals surface area contributed by atoms with Crippen molar-refractivity contribution in [2.45, 2.75) is 71.0 Å². The van der Waals surface area contributed by atoms with Gasteiger partial charge in [-0.3, -0.25) is 4.99 Å². The average molecular weight is 419 g/mol. The van der Waals surface area contributed by atoms with Crippen LogP contribution in [0.25, 0.3) is 0 Å². The van der Waals surface area contributed by atoms with E-state index in [-0.39, 0.29) is 29.9 Å². The SMILES string of the molecule is CCNC(=NCC1(C)CCCCC1O)NCCS(=O)(=O)NCC1CCCCO1. The summed E-state index contributed by atoms with van der Waals surface area (Å²) in [4.78, 5) is 4.60. The highest BCUT2D eigenvalue weighted by Gasteiger charge is 2.35. The molecule has 4 N–H and O–H groups in total. The number of aliphatic hydroxyl groups excluding tert-OH is 1. The molecule has 2 rings (SSSR count). The number of rotatable bonds is 9. The van der Waals surface area contributed by atoms with Crippen LogP contribution in [0, 0.1) is 5.41 Å². The molecule has 3 atom stereocenters. The summed E-state index contributed by atoms with van der Waals surface area (Å²) < 4.78 is 32.6. The molecule has 2 fully saturated rings. The standard InChI is InChI=1S/C19H38N4O4S/c1-3-20-18(22-15-19(2)10-6-4-9-17(19)24)21-11-13-28(25,26)23-14-16-8-5-7-12-27-16/h16-17,23-24H,3-15H2,1-2H3,(H2,20,21,22). The highest BCUT2D eigenvalue weighted by atomic mass is 32.2. The van der Waals surface area contributed by atoms with E-state index in [0.717, 1.165) is 44.9 Å². The molecule has 9 heteroatoms. The van der Waals surface area contributed by atoms with E-state index >= 15 is 0 Å². The fraction of sp³-hybridized carbons (Fsp3) is 0.947. The van der Waals surface area contributed by atoms with E-state index < -0.39 is 10.0 Å². The lowest BCUT2D eigenvalue weighted by atomic mass is 9.73. The third kappa shape index (κ3) is 7.85. The topological polar surface area (TPSA) is 112 Å². The maximum atomic E-state index is 12.2. The molecule has 0 radical (unpaired) electrons. The number of hydrogen-bond donors (Lipinski definition) is 4. The van der Waals surface area contributed by atoms with Crippen molar-refractivity contribution < 1.29 is 18.3 Å². The van der Waals surface area contributed by atoms with Crippen LogP contribution in [0.2, 0.25) is 0 Å². The van der Waals surface area contributed by atoms with Gasteiger partial charge < -0.3 is 20.5 Å². The van der Waals surface area contributed by atoms with Crippen molar-refractivity contribution in [2.75, 3.05) is 38.5 Å². The number of guanidine groups is 1. The number of hydrogen-bond acceptors (Lipinski definition) is 5. The molecule has 1 saturated heterocycles. The Morgan fingerprint density at radius 3 is 2.68 bits per heavy atom. The summed E-state index contributed by atoms with van der Waals surface area (Å²) in [6.45, 7) is 6.58. The number of aliphatic imine (C=N–C) groups is 1. The Kier molecular flexibility index (Phi) is 9.46. The van der Waals surface area contributed by atoms with Crippen molar-refractivity contribution in [1.29, 1.82) is 0 Å². The first kappa shape index (κ1) is 23.4. The van der Waals surface area contributed by atoms with Crippen molar-refractivity contribution in [1.82, 2.24) is 15.4 Å². The van der Waals surface area contributed by atoms with Crippen LogP contribution < -0.4 is 15.4 Å². The predicted octanol–water partition coefficient (Wildman–Crippen LogP) is 0.971. The van der Waals surface area contributed by atoms with Gasteiger partial charge in [0, 0.05) is 31.7 Å². The van der Waals surface area contributed by atoms with Gasteiger partial charge in [0.25, 0.3) is 0 Å². The summed E-state index contributed by atoms with van der Waals surface area (Å²) in [6.07, 6.45) is 6.65. The molecule has 0 amide bonds. The van der Waals surface area contributed by atoms with E-state index in [1.807, 2.05) is 6.92 Å². The second-order valence-electron chi connectivity index (χ2n) is 8.19. The summed E-state index contributed by atoms with van der Waals surface area (Å²) in [6, 6.07) is 0. The molecule has 8 nitrogen and oxygen atoms in total. The Labute approximate surface area is 170 Å². The van der Waals surface area contributed by atoms with Gasteiger partial charge in [0.05, 0.1) is 24.5 Å². The molecule has 0 aromatic carbocycles. The molecule has 3 unspecified atom stereocenters. The maximum absolute atomic E-state index is 12.2. The van der Waals surface area contributed by atoms with Gasteiger partial charge in [-0.1, -0.05) is 19.8 Å². The summed E-state index contributed by atoms with van der Waals surface area (Å²) in [5.74, 6) is 0.566. The molecule has 1 aliphatic carbocycles. The van der Waals surface area contributed by atoms with E-state index in [0.29, 0.717) is 32.2 Å². The second-order valence-corrected chi connectivity index (χ2v) is 10.1. The van der Waals surface area contributed by atoms with E-state index in [9.17, 15) is 13.5 Å². The van der Waals surface area contributed by atoms with Crippen LogP contribution in [-0.2, 0) is 14.8 Å². The Morgan fingerprint density at radius 1 is 1.21 bits per heavy atom. The zero-order chi connectivity index (χ0) is 20.5. The van der Waals surface area contributed by atoms with Crippen molar-refractivity contribution in [3.8, 4) is 0 Å².